The molecule has 0 unspecified atom stereocenters. The quantitative estimate of drug-likeness (QED) is 0.197. The second-order valence-corrected chi connectivity index (χ2v) is 10.5. The SMILES string of the molecule is CC(C)c1ccc(Nc2sc3c(-c4ccc(Cl)cc4)c(C#N)c(N)nc3c2C(=O)NCc2ccco2)cc1. The largest absolute Gasteiger partial charge is 0.467 e. The lowest BCUT2D eigenvalue weighted by molar-refractivity contribution is 0.0950. The Morgan fingerprint density at radius 2 is 1.89 bits per heavy atom. The molecule has 0 fully saturated rings. The normalized spacial score (nSPS) is 11.0. The fourth-order valence-electron chi connectivity index (χ4n) is 4.17. The second-order valence-electron chi connectivity index (χ2n) is 9.01. The van der Waals surface area contributed by atoms with Gasteiger partial charge in [-0.05, 0) is 53.4 Å². The molecule has 1 amide bonds. The fourth-order valence-corrected chi connectivity index (χ4v) is 5.53. The number of nitrogen functional groups attached to an aromatic ring is 1. The Morgan fingerprint density at radius 1 is 1.16 bits per heavy atom. The van der Waals surface area contributed by atoms with Crippen molar-refractivity contribution in [1.29, 1.82) is 5.26 Å². The van der Waals surface area contributed by atoms with Crippen LogP contribution in [0, 0.1) is 11.3 Å². The van der Waals surface area contributed by atoms with Gasteiger partial charge in [-0.15, -0.1) is 11.3 Å². The average Bonchev–Trinajstić information content (AvgIpc) is 3.55. The number of amides is 1. The number of halogens is 1. The summed E-state index contributed by atoms with van der Waals surface area (Å²) in [4.78, 5) is 18.1. The maximum atomic E-state index is 13.6. The molecule has 0 radical (unpaired) electrons. The van der Waals surface area contributed by atoms with Crippen molar-refractivity contribution in [3.05, 3.63) is 94.4 Å². The Balaban J connectivity index is 1.67. The highest BCUT2D eigenvalue weighted by Gasteiger charge is 2.26. The Kier molecular flexibility index (Phi) is 7.05. The molecule has 0 spiro atoms. The molecule has 3 aromatic heterocycles. The van der Waals surface area contributed by atoms with Gasteiger partial charge in [0, 0.05) is 16.3 Å². The number of nitrogens with two attached hydrogens (primary N) is 1. The van der Waals surface area contributed by atoms with Crippen LogP contribution in [0.25, 0.3) is 21.3 Å². The summed E-state index contributed by atoms with van der Waals surface area (Å²) in [5, 5.41) is 17.4. The zero-order valence-corrected chi connectivity index (χ0v) is 22.3. The van der Waals surface area contributed by atoms with E-state index in [2.05, 4.69) is 47.7 Å². The summed E-state index contributed by atoms with van der Waals surface area (Å²) in [7, 11) is 0. The number of hydrogen-bond acceptors (Lipinski definition) is 7. The predicted molar refractivity (Wildman–Crippen MR) is 153 cm³/mol. The molecule has 3 heterocycles. The highest BCUT2D eigenvalue weighted by Crippen LogP contribution is 2.44. The van der Waals surface area contributed by atoms with E-state index >= 15 is 0 Å². The second kappa shape index (κ2) is 10.6. The van der Waals surface area contributed by atoms with E-state index in [1.807, 2.05) is 24.3 Å². The maximum absolute atomic E-state index is 13.6. The molecular formula is C29H24ClN5O2S. The minimum absolute atomic E-state index is 0.0515. The van der Waals surface area contributed by atoms with E-state index in [0.717, 1.165) is 11.3 Å². The van der Waals surface area contributed by atoms with Gasteiger partial charge in [0.05, 0.1) is 23.0 Å². The van der Waals surface area contributed by atoms with Gasteiger partial charge >= 0.3 is 0 Å². The van der Waals surface area contributed by atoms with Crippen molar-refractivity contribution in [1.82, 2.24) is 10.3 Å². The third-order valence-corrected chi connectivity index (χ3v) is 7.52. The molecule has 9 heteroatoms. The average molecular weight is 542 g/mol. The molecule has 0 bridgehead atoms. The van der Waals surface area contributed by atoms with Crippen LogP contribution < -0.4 is 16.4 Å². The van der Waals surface area contributed by atoms with E-state index < -0.39 is 0 Å². The number of furan rings is 1. The molecule has 2 aromatic carbocycles. The number of benzene rings is 2. The summed E-state index contributed by atoms with van der Waals surface area (Å²) in [5.41, 5.74) is 10.7. The molecule has 5 rings (SSSR count). The van der Waals surface area contributed by atoms with Crippen LogP contribution in [-0.4, -0.2) is 10.9 Å². The number of carbonyl (C=O) groups is 1. The first-order valence-electron chi connectivity index (χ1n) is 11.9. The van der Waals surface area contributed by atoms with Gasteiger partial charge in [-0.1, -0.05) is 49.7 Å². The number of nitrogens with one attached hydrogen (secondary N) is 2. The molecule has 0 saturated carbocycles. The summed E-state index contributed by atoms with van der Waals surface area (Å²) in [6.07, 6.45) is 1.55. The molecule has 0 saturated heterocycles. The van der Waals surface area contributed by atoms with Gasteiger partial charge in [-0.2, -0.15) is 5.26 Å². The van der Waals surface area contributed by atoms with Gasteiger partial charge in [0.25, 0.3) is 5.91 Å². The molecule has 7 nitrogen and oxygen atoms in total. The maximum Gasteiger partial charge on any atom is 0.256 e. The van der Waals surface area contributed by atoms with E-state index in [9.17, 15) is 10.1 Å². The Morgan fingerprint density at radius 3 is 2.53 bits per heavy atom. The van der Waals surface area contributed by atoms with Crippen molar-refractivity contribution in [2.45, 2.75) is 26.3 Å². The fraction of sp³-hybridized carbons (Fsp3) is 0.138. The monoisotopic (exact) mass is 541 g/mol. The van der Waals surface area contributed by atoms with Gasteiger partial charge in [0.15, 0.2) is 0 Å². The molecule has 0 aliphatic heterocycles. The molecule has 0 atom stereocenters. The van der Waals surface area contributed by atoms with Gasteiger partial charge in [0.2, 0.25) is 0 Å². The highest BCUT2D eigenvalue weighted by molar-refractivity contribution is 7.24. The van der Waals surface area contributed by atoms with Crippen LogP contribution >= 0.6 is 22.9 Å². The van der Waals surface area contributed by atoms with Crippen LogP contribution in [0.2, 0.25) is 5.02 Å². The predicted octanol–water partition coefficient (Wildman–Crippen LogP) is 7.46. The molecule has 38 heavy (non-hydrogen) atoms. The number of rotatable bonds is 7. The summed E-state index contributed by atoms with van der Waals surface area (Å²) in [6, 6.07) is 21.0. The highest BCUT2D eigenvalue weighted by atomic mass is 35.5. The van der Waals surface area contributed by atoms with Crippen LogP contribution in [0.5, 0.6) is 0 Å². The molecule has 5 aromatic rings. The van der Waals surface area contributed by atoms with Crippen molar-refractivity contribution in [2.24, 2.45) is 0 Å². The van der Waals surface area contributed by atoms with E-state index in [0.29, 0.717) is 43.0 Å². The summed E-state index contributed by atoms with van der Waals surface area (Å²) >= 11 is 7.47. The van der Waals surface area contributed by atoms with E-state index in [-0.39, 0.29) is 23.8 Å². The number of pyridine rings is 1. The third-order valence-electron chi connectivity index (χ3n) is 6.16. The number of thiophene rings is 1. The van der Waals surface area contributed by atoms with E-state index in [4.69, 9.17) is 21.8 Å². The summed E-state index contributed by atoms with van der Waals surface area (Å²) in [5.74, 6) is 0.732. The first-order valence-corrected chi connectivity index (χ1v) is 13.1. The molecule has 4 N–H and O–H groups in total. The lowest BCUT2D eigenvalue weighted by Crippen LogP contribution is -2.23. The topological polar surface area (TPSA) is 117 Å². The molecular weight excluding hydrogens is 518 g/mol. The van der Waals surface area contributed by atoms with E-state index in [1.54, 1.807) is 30.5 Å². The summed E-state index contributed by atoms with van der Waals surface area (Å²) in [6.45, 7) is 4.48. The van der Waals surface area contributed by atoms with Gasteiger partial charge in [-0.25, -0.2) is 4.98 Å². The van der Waals surface area contributed by atoms with Crippen LogP contribution in [0.15, 0.2) is 71.3 Å². The lowest BCUT2D eigenvalue weighted by atomic mass is 10.00. The van der Waals surface area contributed by atoms with Gasteiger partial charge < -0.3 is 20.8 Å². The van der Waals surface area contributed by atoms with Crippen molar-refractivity contribution in [2.75, 3.05) is 11.1 Å². The number of fused-ring (bicyclic) bond motifs is 1. The van der Waals surface area contributed by atoms with Crippen molar-refractivity contribution in [3.63, 3.8) is 0 Å². The Labute approximate surface area is 228 Å². The zero-order valence-electron chi connectivity index (χ0n) is 20.7. The van der Waals surface area contributed by atoms with Crippen molar-refractivity contribution >= 4 is 55.6 Å². The number of aromatic nitrogens is 1. The Hall–Kier alpha value is -4.32. The number of carbonyl (C=O) groups excluding carboxylic acids is 1. The number of nitrogens with zero attached hydrogens (tertiary/aromatic N) is 2. The lowest BCUT2D eigenvalue weighted by Gasteiger charge is -2.10. The third kappa shape index (κ3) is 4.94. The number of anilines is 3. The standard InChI is InChI=1S/C29H24ClN5O2S/c1-16(2)17-7-11-20(12-8-17)34-29-24(28(36)33-15-21-4-3-13-37-21)25-26(38-29)23(22(14-31)27(32)35-25)18-5-9-19(30)10-6-18/h3-13,16,34H,15H2,1-2H3,(H2,32,35)(H,33,36). The zero-order chi connectivity index (χ0) is 26.8. The van der Waals surface area contributed by atoms with Crippen LogP contribution in [-0.2, 0) is 6.54 Å². The number of hydrogen-bond donors (Lipinski definition) is 3. The van der Waals surface area contributed by atoms with Crippen LogP contribution in [0.3, 0.4) is 0 Å². The minimum atomic E-state index is -0.340. The summed E-state index contributed by atoms with van der Waals surface area (Å²) < 4.78 is 6.04. The van der Waals surface area contributed by atoms with Gasteiger partial charge in [0.1, 0.15) is 33.8 Å². The first-order chi connectivity index (χ1) is 18.4. The smallest absolute Gasteiger partial charge is 0.256 e. The number of nitriles is 1. The first kappa shape index (κ1) is 25.3. The Bertz CT molecular complexity index is 1650. The van der Waals surface area contributed by atoms with Gasteiger partial charge in [-0.3, -0.25) is 4.79 Å². The molecule has 0 aliphatic carbocycles. The van der Waals surface area contributed by atoms with Crippen molar-refractivity contribution in [3.8, 4) is 17.2 Å². The van der Waals surface area contributed by atoms with E-state index in [1.165, 1.54) is 16.9 Å². The molecule has 190 valence electrons. The van der Waals surface area contributed by atoms with Crippen molar-refractivity contribution < 1.29 is 9.21 Å². The molecule has 0 aliphatic rings. The van der Waals surface area contributed by atoms with Crippen LogP contribution in [0.4, 0.5) is 16.5 Å². The minimum Gasteiger partial charge on any atom is -0.467 e. The van der Waals surface area contributed by atoms with Crippen LogP contribution in [0.1, 0.15) is 47.0 Å².